The van der Waals surface area contributed by atoms with Crippen molar-refractivity contribution in [3.8, 4) is 11.5 Å². The van der Waals surface area contributed by atoms with E-state index in [2.05, 4.69) is 21.9 Å². The first-order valence-corrected chi connectivity index (χ1v) is 12.8. The van der Waals surface area contributed by atoms with E-state index < -0.39 is 6.10 Å². The van der Waals surface area contributed by atoms with Crippen LogP contribution in [-0.4, -0.2) is 72.7 Å². The van der Waals surface area contributed by atoms with Gasteiger partial charge in [0.15, 0.2) is 11.5 Å². The molecule has 6 heteroatoms. The van der Waals surface area contributed by atoms with E-state index in [0.29, 0.717) is 12.2 Å². The topological polar surface area (TPSA) is 62.2 Å². The molecular weight excluding hydrogens is 416 g/mol. The summed E-state index contributed by atoms with van der Waals surface area (Å²) in [5.74, 6) is 2.12. The van der Waals surface area contributed by atoms with E-state index >= 15 is 0 Å². The number of Topliss-reactive ketones (excluding diaryl/α,β-unsaturated/α-hetero) is 1. The van der Waals surface area contributed by atoms with Crippen molar-refractivity contribution in [2.24, 2.45) is 0 Å². The van der Waals surface area contributed by atoms with Gasteiger partial charge >= 0.3 is 0 Å². The smallest absolute Gasteiger partial charge is 0.166 e. The van der Waals surface area contributed by atoms with Crippen LogP contribution < -0.4 is 9.47 Å². The van der Waals surface area contributed by atoms with Crippen molar-refractivity contribution < 1.29 is 19.4 Å². The fourth-order valence-electron chi connectivity index (χ4n) is 6.24. The number of ether oxygens (including phenoxy) is 2. The molecule has 1 fully saturated rings. The number of rotatable bonds is 8. The van der Waals surface area contributed by atoms with E-state index in [1.807, 2.05) is 12.1 Å². The Balaban J connectivity index is 1.18. The summed E-state index contributed by atoms with van der Waals surface area (Å²) in [5.41, 5.74) is 2.48. The molecule has 1 aromatic carbocycles. The largest absolute Gasteiger partial charge is 0.493 e. The zero-order chi connectivity index (χ0) is 22.8. The summed E-state index contributed by atoms with van der Waals surface area (Å²) in [6.45, 7) is 6.15. The Kier molecular flexibility index (Phi) is 6.77. The number of nitrogens with zero attached hydrogens (tertiary/aromatic N) is 2. The number of unbranched alkanes of at least 4 members (excludes halogenated alkanes) is 3. The highest BCUT2D eigenvalue weighted by atomic mass is 16.5. The van der Waals surface area contributed by atoms with Crippen molar-refractivity contribution in [2.75, 3.05) is 39.8 Å². The van der Waals surface area contributed by atoms with Crippen molar-refractivity contribution in [1.29, 1.82) is 0 Å². The molecule has 0 bridgehead atoms. The SMILES string of the molecule is COc1ccc2c3c1O[C@@H]1CC(O)C=CC31CCN(CCCCCCN1CCC(=O)CC1)C2. The average Bonchev–Trinajstić information content (AvgIpc) is 3.06. The van der Waals surface area contributed by atoms with Gasteiger partial charge in [0.2, 0.25) is 0 Å². The Bertz CT molecular complexity index is 890. The fraction of sp³-hybridized carbons (Fsp3) is 0.667. The molecule has 1 spiro atoms. The summed E-state index contributed by atoms with van der Waals surface area (Å²) in [4.78, 5) is 16.4. The van der Waals surface area contributed by atoms with Crippen LogP contribution >= 0.6 is 0 Å². The molecule has 3 heterocycles. The molecule has 3 aliphatic heterocycles. The van der Waals surface area contributed by atoms with Crippen LogP contribution in [0.4, 0.5) is 0 Å². The number of hydrogen-bond donors (Lipinski definition) is 1. The van der Waals surface area contributed by atoms with Crippen LogP contribution in [0.3, 0.4) is 0 Å². The van der Waals surface area contributed by atoms with Crippen molar-refractivity contribution in [3.05, 3.63) is 35.4 Å². The number of carbonyl (C=O) groups excluding carboxylic acids is 1. The maximum absolute atomic E-state index is 11.4. The molecule has 4 aliphatic rings. The molecule has 33 heavy (non-hydrogen) atoms. The number of aliphatic hydroxyl groups excluding tert-OH is 1. The van der Waals surface area contributed by atoms with Crippen LogP contribution in [0.15, 0.2) is 24.3 Å². The zero-order valence-electron chi connectivity index (χ0n) is 19.9. The second-order valence-electron chi connectivity index (χ2n) is 10.3. The minimum absolute atomic E-state index is 0.0208. The van der Waals surface area contributed by atoms with Gasteiger partial charge in [-0.15, -0.1) is 0 Å². The third-order valence-electron chi connectivity index (χ3n) is 8.15. The van der Waals surface area contributed by atoms with Crippen LogP contribution in [0.25, 0.3) is 0 Å². The lowest BCUT2D eigenvalue weighted by atomic mass is 9.69. The zero-order valence-corrected chi connectivity index (χ0v) is 19.9. The molecule has 1 aliphatic carbocycles. The Morgan fingerprint density at radius 1 is 1.09 bits per heavy atom. The van der Waals surface area contributed by atoms with E-state index in [-0.39, 0.29) is 11.5 Å². The number of benzene rings is 1. The Hall–Kier alpha value is -1.89. The summed E-state index contributed by atoms with van der Waals surface area (Å²) in [5, 5.41) is 10.2. The molecular formula is C27H38N2O4. The molecule has 0 saturated carbocycles. The number of likely N-dealkylation sites (tertiary alicyclic amines) is 1. The van der Waals surface area contributed by atoms with Crippen LogP contribution in [0.5, 0.6) is 11.5 Å². The van der Waals surface area contributed by atoms with Crippen LogP contribution in [0.2, 0.25) is 0 Å². The summed E-state index contributed by atoms with van der Waals surface area (Å²) < 4.78 is 12.0. The van der Waals surface area contributed by atoms with Gasteiger partial charge in [-0.25, -0.2) is 0 Å². The summed E-state index contributed by atoms with van der Waals surface area (Å²) >= 11 is 0. The Labute approximate surface area is 197 Å². The number of aliphatic hydroxyl groups is 1. The average molecular weight is 455 g/mol. The van der Waals surface area contributed by atoms with Crippen LogP contribution in [0.1, 0.15) is 62.5 Å². The van der Waals surface area contributed by atoms with E-state index in [0.717, 1.165) is 70.0 Å². The number of methoxy groups -OCH3 is 1. The third kappa shape index (κ3) is 4.58. The summed E-state index contributed by atoms with van der Waals surface area (Å²) in [6, 6.07) is 4.25. The minimum atomic E-state index is -0.436. The molecule has 3 atom stereocenters. The number of carbonyl (C=O) groups is 1. The molecule has 0 radical (unpaired) electrons. The molecule has 1 aromatic rings. The number of piperidine rings is 1. The molecule has 1 saturated heterocycles. The lowest BCUT2D eigenvalue weighted by molar-refractivity contribution is -0.121. The van der Waals surface area contributed by atoms with Gasteiger partial charge in [0.25, 0.3) is 0 Å². The van der Waals surface area contributed by atoms with Gasteiger partial charge in [-0.3, -0.25) is 9.69 Å². The van der Waals surface area contributed by atoms with Gasteiger partial charge in [0.05, 0.1) is 18.6 Å². The van der Waals surface area contributed by atoms with Gasteiger partial charge in [-0.05, 0) is 50.5 Å². The molecule has 1 N–H and O–H groups in total. The first-order valence-electron chi connectivity index (χ1n) is 12.8. The van der Waals surface area contributed by atoms with Crippen molar-refractivity contribution in [3.63, 3.8) is 0 Å². The predicted molar refractivity (Wildman–Crippen MR) is 128 cm³/mol. The molecule has 5 rings (SSSR count). The van der Waals surface area contributed by atoms with E-state index in [4.69, 9.17) is 9.47 Å². The summed E-state index contributed by atoms with van der Waals surface area (Å²) in [7, 11) is 1.70. The van der Waals surface area contributed by atoms with Gasteiger partial charge < -0.3 is 19.5 Å². The third-order valence-corrected chi connectivity index (χ3v) is 8.15. The predicted octanol–water partition coefficient (Wildman–Crippen LogP) is 3.45. The van der Waals surface area contributed by atoms with Gasteiger partial charge in [-0.1, -0.05) is 31.1 Å². The number of ketones is 1. The van der Waals surface area contributed by atoms with Gasteiger partial charge in [0.1, 0.15) is 11.9 Å². The van der Waals surface area contributed by atoms with Crippen LogP contribution in [-0.2, 0) is 16.8 Å². The van der Waals surface area contributed by atoms with E-state index in [1.54, 1.807) is 7.11 Å². The Morgan fingerprint density at radius 3 is 2.61 bits per heavy atom. The molecule has 0 aromatic heterocycles. The van der Waals surface area contributed by atoms with Crippen LogP contribution in [0, 0.1) is 0 Å². The van der Waals surface area contributed by atoms with Crippen molar-refractivity contribution in [2.45, 2.75) is 75.5 Å². The molecule has 0 amide bonds. The maximum Gasteiger partial charge on any atom is 0.166 e. The van der Waals surface area contributed by atoms with E-state index in [1.165, 1.54) is 36.8 Å². The second-order valence-corrected chi connectivity index (χ2v) is 10.3. The first-order chi connectivity index (χ1) is 16.1. The maximum atomic E-state index is 11.4. The van der Waals surface area contributed by atoms with Crippen molar-refractivity contribution >= 4 is 5.78 Å². The van der Waals surface area contributed by atoms with Crippen molar-refractivity contribution in [1.82, 2.24) is 9.80 Å². The quantitative estimate of drug-likeness (QED) is 0.480. The lowest BCUT2D eigenvalue weighted by Gasteiger charge is -2.36. The fourth-order valence-corrected chi connectivity index (χ4v) is 6.24. The number of hydrogen-bond acceptors (Lipinski definition) is 6. The highest BCUT2D eigenvalue weighted by Gasteiger charge is 2.52. The van der Waals surface area contributed by atoms with E-state index in [9.17, 15) is 9.90 Å². The normalized spacial score (nSPS) is 29.3. The highest BCUT2D eigenvalue weighted by Crippen LogP contribution is 2.55. The monoisotopic (exact) mass is 454 g/mol. The summed E-state index contributed by atoms with van der Waals surface area (Å²) in [6.07, 6.45) is 11.8. The molecule has 2 unspecified atom stereocenters. The molecule has 180 valence electrons. The minimum Gasteiger partial charge on any atom is -0.493 e. The highest BCUT2D eigenvalue weighted by molar-refractivity contribution is 5.79. The lowest BCUT2D eigenvalue weighted by Crippen LogP contribution is -2.43. The first kappa shape index (κ1) is 22.9. The molecule has 6 nitrogen and oxygen atoms in total. The standard InChI is InChI=1S/C27H38N2O4/c1-32-23-7-6-20-19-29(14-5-3-2-4-13-28-15-9-21(30)10-16-28)17-12-27-11-8-22(31)18-24(27)33-26(23)25(20)27/h6-8,11,22,24,31H,2-5,9-10,12-19H2,1H3/t22?,24-,27?/m1/s1. The second kappa shape index (κ2) is 9.77. The van der Waals surface area contributed by atoms with Gasteiger partial charge in [0, 0.05) is 44.5 Å². The Morgan fingerprint density at radius 2 is 1.85 bits per heavy atom. The van der Waals surface area contributed by atoms with Gasteiger partial charge in [-0.2, -0.15) is 0 Å².